The van der Waals surface area contributed by atoms with E-state index in [0.29, 0.717) is 36.7 Å². The van der Waals surface area contributed by atoms with Gasteiger partial charge < -0.3 is 19.6 Å². The Morgan fingerprint density at radius 2 is 2.20 bits per heavy atom. The third-order valence-corrected chi connectivity index (χ3v) is 5.96. The van der Waals surface area contributed by atoms with Gasteiger partial charge in [-0.15, -0.1) is 11.3 Å². The molecule has 1 saturated heterocycles. The number of carbonyl (C=O) groups is 1. The molecule has 136 valence electrons. The summed E-state index contributed by atoms with van der Waals surface area (Å²) < 4.78 is 5.82. The first-order chi connectivity index (χ1) is 11.9. The van der Waals surface area contributed by atoms with Gasteiger partial charge in [-0.25, -0.2) is 4.79 Å². The molecule has 0 aliphatic carbocycles. The molecule has 3 rings (SSSR count). The highest BCUT2D eigenvalue weighted by molar-refractivity contribution is 7.16. The van der Waals surface area contributed by atoms with Crippen molar-refractivity contribution >= 4 is 22.4 Å². The molecule has 3 heterocycles. The fourth-order valence-electron chi connectivity index (χ4n) is 3.37. The van der Waals surface area contributed by atoms with Crippen LogP contribution >= 0.6 is 11.3 Å². The zero-order valence-electron chi connectivity index (χ0n) is 14.7. The summed E-state index contributed by atoms with van der Waals surface area (Å²) >= 11 is 1.44. The molecule has 0 unspecified atom stereocenters. The number of ether oxygens (including phenoxy) is 1. The summed E-state index contributed by atoms with van der Waals surface area (Å²) in [4.78, 5) is 16.7. The number of thiophene rings is 1. The highest BCUT2D eigenvalue weighted by Crippen LogP contribution is 2.40. The topological polar surface area (TPSA) is 90.0 Å². The van der Waals surface area contributed by atoms with Crippen molar-refractivity contribution < 1.29 is 19.5 Å². The number of fused-ring (bicyclic) bond motifs is 1. The van der Waals surface area contributed by atoms with Crippen LogP contribution in [0.1, 0.15) is 29.9 Å². The molecule has 1 fully saturated rings. The molecule has 0 spiro atoms. The van der Waals surface area contributed by atoms with Crippen LogP contribution in [0.25, 0.3) is 0 Å². The van der Waals surface area contributed by atoms with Crippen molar-refractivity contribution in [2.75, 3.05) is 44.6 Å². The third kappa shape index (κ3) is 3.96. The lowest BCUT2D eigenvalue weighted by Crippen LogP contribution is -3.15. The number of anilines is 1. The number of carbonyl (C=O) groups excluding carboxylic acids is 1. The Labute approximate surface area is 151 Å². The van der Waals surface area contributed by atoms with E-state index < -0.39 is 0 Å². The minimum atomic E-state index is -0.285. The normalized spacial score (nSPS) is 20.0. The van der Waals surface area contributed by atoms with Gasteiger partial charge in [0.15, 0.2) is 0 Å². The maximum atomic E-state index is 12.6. The fourth-order valence-corrected chi connectivity index (χ4v) is 4.44. The number of nitrogens with zero attached hydrogens (tertiary/aromatic N) is 2. The highest BCUT2D eigenvalue weighted by atomic mass is 32.1. The summed E-state index contributed by atoms with van der Waals surface area (Å²) in [5, 5.41) is 22.1. The Bertz CT molecular complexity index is 687. The summed E-state index contributed by atoms with van der Waals surface area (Å²) in [7, 11) is 0. The van der Waals surface area contributed by atoms with Crippen LogP contribution in [0.3, 0.4) is 0 Å². The van der Waals surface area contributed by atoms with Crippen molar-refractivity contribution in [1.29, 1.82) is 5.26 Å². The van der Waals surface area contributed by atoms with Crippen LogP contribution in [0.2, 0.25) is 0 Å². The van der Waals surface area contributed by atoms with E-state index in [2.05, 4.69) is 11.4 Å². The minimum Gasteiger partial charge on any atom is -0.391 e. The van der Waals surface area contributed by atoms with Gasteiger partial charge in [-0.1, -0.05) is 0 Å². The molecule has 0 bridgehead atoms. The van der Waals surface area contributed by atoms with Crippen LogP contribution in [0.4, 0.5) is 9.80 Å². The average molecular weight is 365 g/mol. The largest absolute Gasteiger partial charge is 0.391 e. The van der Waals surface area contributed by atoms with E-state index in [1.54, 1.807) is 4.90 Å². The molecular weight excluding hydrogens is 340 g/mol. The number of aliphatic hydroxyl groups is 1. The van der Waals surface area contributed by atoms with Crippen LogP contribution in [0.5, 0.6) is 0 Å². The molecule has 0 aromatic carbocycles. The highest BCUT2D eigenvalue weighted by Gasteiger charge is 2.32. The SMILES string of the molecule is CC1(C)Cc2c(sc(NC(=O)N3CC[NH+](CCO)CC3)c2C#N)CO1. The smallest absolute Gasteiger partial charge is 0.322 e. The third-order valence-electron chi connectivity index (χ3n) is 4.84. The summed E-state index contributed by atoms with van der Waals surface area (Å²) in [6.07, 6.45) is 0.681. The molecule has 0 radical (unpaired) electrons. The molecule has 0 saturated carbocycles. The molecule has 1 aromatic heterocycles. The fraction of sp³-hybridized carbons (Fsp3) is 0.647. The second-order valence-corrected chi connectivity index (χ2v) is 8.29. The second-order valence-electron chi connectivity index (χ2n) is 7.19. The number of aliphatic hydroxyl groups excluding tert-OH is 1. The first-order valence-electron chi connectivity index (χ1n) is 8.62. The van der Waals surface area contributed by atoms with Crippen LogP contribution in [-0.2, 0) is 17.8 Å². The second kappa shape index (κ2) is 7.30. The van der Waals surface area contributed by atoms with Gasteiger partial charge in [-0.3, -0.25) is 5.32 Å². The lowest BCUT2D eigenvalue weighted by molar-refractivity contribution is -0.904. The van der Waals surface area contributed by atoms with Crippen molar-refractivity contribution in [3.63, 3.8) is 0 Å². The van der Waals surface area contributed by atoms with E-state index in [4.69, 9.17) is 9.84 Å². The van der Waals surface area contributed by atoms with E-state index >= 15 is 0 Å². The summed E-state index contributed by atoms with van der Waals surface area (Å²) in [5.41, 5.74) is 1.30. The molecule has 2 aliphatic rings. The van der Waals surface area contributed by atoms with Gasteiger partial charge in [0.05, 0.1) is 50.6 Å². The maximum Gasteiger partial charge on any atom is 0.322 e. The molecular formula is C17H25N4O3S+. The molecule has 2 amide bonds. The molecule has 25 heavy (non-hydrogen) atoms. The Balaban J connectivity index is 1.69. The lowest BCUT2D eigenvalue weighted by Gasteiger charge is -2.31. The molecule has 8 heteroatoms. The van der Waals surface area contributed by atoms with E-state index in [-0.39, 0.29) is 18.2 Å². The lowest BCUT2D eigenvalue weighted by atomic mass is 9.93. The summed E-state index contributed by atoms with van der Waals surface area (Å²) in [6.45, 7) is 8.40. The van der Waals surface area contributed by atoms with Gasteiger partial charge >= 0.3 is 6.03 Å². The van der Waals surface area contributed by atoms with Crippen LogP contribution in [0, 0.1) is 11.3 Å². The molecule has 1 aromatic rings. The Hall–Kier alpha value is -1.66. The molecule has 3 N–H and O–H groups in total. The van der Waals surface area contributed by atoms with Crippen molar-refractivity contribution in [2.45, 2.75) is 32.5 Å². The zero-order valence-corrected chi connectivity index (χ0v) is 15.5. The van der Waals surface area contributed by atoms with Gasteiger partial charge in [0.25, 0.3) is 0 Å². The number of piperazine rings is 1. The summed E-state index contributed by atoms with van der Waals surface area (Å²) in [6, 6.07) is 2.11. The van der Waals surface area contributed by atoms with E-state index in [0.717, 1.165) is 30.1 Å². The van der Waals surface area contributed by atoms with Gasteiger partial charge in [0.2, 0.25) is 0 Å². The maximum absolute atomic E-state index is 12.6. The average Bonchev–Trinajstić information content (AvgIpc) is 2.90. The van der Waals surface area contributed by atoms with Gasteiger partial charge in [-0.2, -0.15) is 5.26 Å². The monoisotopic (exact) mass is 365 g/mol. The Kier molecular flexibility index (Phi) is 5.29. The van der Waals surface area contributed by atoms with Gasteiger partial charge in [-0.05, 0) is 19.4 Å². The number of nitriles is 1. The number of urea groups is 1. The van der Waals surface area contributed by atoms with E-state index in [1.165, 1.54) is 16.2 Å². The number of nitrogens with one attached hydrogen (secondary N) is 2. The first-order valence-corrected chi connectivity index (χ1v) is 9.44. The Morgan fingerprint density at radius 1 is 1.48 bits per heavy atom. The summed E-state index contributed by atoms with van der Waals surface area (Å²) in [5.74, 6) is 0. The molecule has 7 nitrogen and oxygen atoms in total. The quantitative estimate of drug-likeness (QED) is 0.714. The van der Waals surface area contributed by atoms with Gasteiger partial charge in [0.1, 0.15) is 17.6 Å². The van der Waals surface area contributed by atoms with Crippen molar-refractivity contribution in [1.82, 2.24) is 4.90 Å². The van der Waals surface area contributed by atoms with Crippen molar-refractivity contribution in [3.8, 4) is 6.07 Å². The number of hydrogen-bond donors (Lipinski definition) is 3. The number of amides is 2. The van der Waals surface area contributed by atoms with E-state index in [9.17, 15) is 10.1 Å². The van der Waals surface area contributed by atoms with Crippen LogP contribution in [0.15, 0.2) is 0 Å². The zero-order chi connectivity index (χ0) is 18.0. The minimum absolute atomic E-state index is 0.154. The first kappa shape index (κ1) is 18.1. The molecule has 2 aliphatic heterocycles. The predicted octanol–water partition coefficient (Wildman–Crippen LogP) is 0.196. The van der Waals surface area contributed by atoms with Crippen LogP contribution in [-0.4, -0.2) is 61.0 Å². The standard InChI is InChI=1S/C17H24N4O3S/c1-17(2)9-12-13(10-18)15(25-14(12)11-24-17)19-16(23)21-5-3-20(4-6-21)7-8-22/h22H,3-9,11H2,1-2H3,(H,19,23)/p+1. The number of quaternary nitrogens is 1. The van der Waals surface area contributed by atoms with E-state index in [1.807, 2.05) is 13.8 Å². The van der Waals surface area contributed by atoms with Crippen LogP contribution < -0.4 is 10.2 Å². The number of rotatable bonds is 3. The van der Waals surface area contributed by atoms with Crippen molar-refractivity contribution in [3.05, 3.63) is 16.0 Å². The Morgan fingerprint density at radius 3 is 2.84 bits per heavy atom. The number of hydrogen-bond acceptors (Lipinski definition) is 5. The molecule has 0 atom stereocenters. The predicted molar refractivity (Wildman–Crippen MR) is 94.8 cm³/mol. The van der Waals surface area contributed by atoms with Gasteiger partial charge in [0, 0.05) is 11.3 Å². The van der Waals surface area contributed by atoms with Crippen molar-refractivity contribution in [2.24, 2.45) is 0 Å².